The largest absolute Gasteiger partial charge is 1.00 e. The molecule has 0 nitrogen and oxygen atoms in total. The Balaban J connectivity index is 0.00000113. The Morgan fingerprint density at radius 2 is 1.12 bits per heavy atom. The number of halogens is 2. The van der Waals surface area contributed by atoms with Crippen molar-refractivity contribution < 1.29 is 48.0 Å². The van der Waals surface area contributed by atoms with Gasteiger partial charge >= 0.3 is 154 Å². The molecule has 4 rings (SSSR count). The van der Waals surface area contributed by atoms with Gasteiger partial charge in [-0.05, 0) is 0 Å². The number of fused-ring (bicyclic) bond motifs is 2. The van der Waals surface area contributed by atoms with Crippen LogP contribution in [0.5, 0.6) is 0 Å². The Morgan fingerprint density at radius 3 is 1.52 bits per heavy atom. The SMILES string of the molecule is CC1=C2[CH]([Zr+2][CH]3CCC4C3=C(C)C=CC4C)CCC2C(C)C=C1.[Cl-].[Cl-]. The van der Waals surface area contributed by atoms with Gasteiger partial charge in [0.05, 0.1) is 0 Å². The van der Waals surface area contributed by atoms with Crippen molar-refractivity contribution in [3.05, 3.63) is 46.6 Å². The van der Waals surface area contributed by atoms with E-state index in [0.717, 1.165) is 30.9 Å². The molecule has 6 atom stereocenters. The molecule has 0 amide bonds. The van der Waals surface area contributed by atoms with Crippen molar-refractivity contribution >= 4 is 0 Å². The Kier molecular flexibility index (Phi) is 7.49. The van der Waals surface area contributed by atoms with Gasteiger partial charge in [0.25, 0.3) is 0 Å². The van der Waals surface area contributed by atoms with Crippen molar-refractivity contribution in [2.75, 3.05) is 0 Å². The average Bonchev–Trinajstić information content (AvgIpc) is 3.14. The average molecular weight is 457 g/mol. The Hall–Kier alpha value is 0.423. The van der Waals surface area contributed by atoms with Gasteiger partial charge in [0.1, 0.15) is 0 Å². The number of hydrogen-bond acceptors (Lipinski definition) is 0. The van der Waals surface area contributed by atoms with Crippen LogP contribution in [0.3, 0.4) is 0 Å². The molecule has 2 saturated carbocycles. The molecule has 0 bridgehead atoms. The smallest absolute Gasteiger partial charge is 1.00 e. The molecule has 0 aromatic carbocycles. The predicted octanol–water partition coefficient (Wildman–Crippen LogP) is 0.519. The fourth-order valence-electron chi connectivity index (χ4n) is 5.70. The van der Waals surface area contributed by atoms with E-state index in [-0.39, 0.29) is 24.8 Å². The van der Waals surface area contributed by atoms with Gasteiger partial charge in [-0.15, -0.1) is 0 Å². The quantitative estimate of drug-likeness (QED) is 0.569. The van der Waals surface area contributed by atoms with Crippen LogP contribution >= 0.6 is 0 Å². The van der Waals surface area contributed by atoms with Crippen molar-refractivity contribution in [2.45, 2.75) is 60.6 Å². The van der Waals surface area contributed by atoms with Gasteiger partial charge < -0.3 is 24.8 Å². The molecule has 4 aliphatic carbocycles. The predicted molar refractivity (Wildman–Crippen MR) is 95.0 cm³/mol. The van der Waals surface area contributed by atoms with Crippen molar-refractivity contribution in [3.8, 4) is 0 Å². The molecule has 4 aliphatic rings. The fraction of sp³-hybridized carbons (Fsp3) is 0.636. The molecule has 0 saturated heterocycles. The summed E-state index contributed by atoms with van der Waals surface area (Å²) in [6.45, 7) is 9.64. The van der Waals surface area contributed by atoms with E-state index in [0.29, 0.717) is 0 Å². The van der Waals surface area contributed by atoms with Gasteiger partial charge in [0, 0.05) is 0 Å². The molecule has 0 N–H and O–H groups in total. The van der Waals surface area contributed by atoms with Crippen molar-refractivity contribution in [3.63, 3.8) is 0 Å². The minimum absolute atomic E-state index is 0. The molecule has 0 aromatic rings. The Bertz CT molecular complexity index is 574. The minimum atomic E-state index is -0.392. The van der Waals surface area contributed by atoms with E-state index in [2.05, 4.69) is 52.0 Å². The van der Waals surface area contributed by atoms with Crippen LogP contribution in [0.1, 0.15) is 53.4 Å². The third-order valence-corrected chi connectivity index (χ3v) is 11.9. The molecule has 0 aromatic heterocycles. The Morgan fingerprint density at radius 1 is 0.720 bits per heavy atom. The van der Waals surface area contributed by atoms with Crippen molar-refractivity contribution in [1.29, 1.82) is 0 Å². The van der Waals surface area contributed by atoms with Gasteiger partial charge in [-0.25, -0.2) is 0 Å². The number of hydrogen-bond donors (Lipinski definition) is 0. The van der Waals surface area contributed by atoms with E-state index < -0.39 is 23.2 Å². The molecule has 3 heteroatoms. The molecule has 136 valence electrons. The van der Waals surface area contributed by atoms with Crippen LogP contribution < -0.4 is 24.8 Å². The maximum atomic E-state index is 2.46. The van der Waals surface area contributed by atoms with Crippen LogP contribution in [0.2, 0.25) is 7.25 Å². The van der Waals surface area contributed by atoms with Crippen molar-refractivity contribution in [2.24, 2.45) is 23.7 Å². The summed E-state index contributed by atoms with van der Waals surface area (Å²) in [5, 5.41) is 0. The molecular formula is C22H30Cl2Zr. The number of rotatable bonds is 2. The topological polar surface area (TPSA) is 0 Å². The second kappa shape index (κ2) is 8.62. The van der Waals surface area contributed by atoms with Crippen molar-refractivity contribution in [1.82, 2.24) is 0 Å². The summed E-state index contributed by atoms with van der Waals surface area (Å²) in [7, 11) is 0. The summed E-state index contributed by atoms with van der Waals surface area (Å²) in [5.41, 5.74) is 7.09. The number of allylic oxidation sites excluding steroid dienone is 8. The monoisotopic (exact) mass is 454 g/mol. The molecule has 0 spiro atoms. The summed E-state index contributed by atoms with van der Waals surface area (Å²) in [6.07, 6.45) is 15.7. The van der Waals surface area contributed by atoms with Gasteiger partial charge in [0.2, 0.25) is 0 Å². The first-order valence-electron chi connectivity index (χ1n) is 9.60. The van der Waals surface area contributed by atoms with Crippen LogP contribution in [0.4, 0.5) is 0 Å². The normalized spacial score (nSPS) is 38.7. The van der Waals surface area contributed by atoms with E-state index in [1.54, 1.807) is 11.1 Å². The van der Waals surface area contributed by atoms with E-state index in [9.17, 15) is 0 Å². The van der Waals surface area contributed by atoms with Gasteiger partial charge in [0.15, 0.2) is 0 Å². The molecule has 0 radical (unpaired) electrons. The maximum absolute atomic E-state index is 2.46. The third kappa shape index (κ3) is 3.86. The molecule has 6 unspecified atom stereocenters. The van der Waals surface area contributed by atoms with Gasteiger partial charge in [-0.2, -0.15) is 0 Å². The summed E-state index contributed by atoms with van der Waals surface area (Å²) in [5.74, 6) is 3.35. The first-order valence-corrected chi connectivity index (χ1v) is 12.4. The maximum Gasteiger partial charge on any atom is -1.00 e. The minimum Gasteiger partial charge on any atom is -1.00 e. The van der Waals surface area contributed by atoms with Crippen LogP contribution in [-0.4, -0.2) is 0 Å². The van der Waals surface area contributed by atoms with Gasteiger partial charge in [-0.3, -0.25) is 0 Å². The molecule has 0 aliphatic heterocycles. The van der Waals surface area contributed by atoms with E-state index >= 15 is 0 Å². The summed E-state index contributed by atoms with van der Waals surface area (Å²) < 4.78 is 2.06. The van der Waals surface area contributed by atoms with E-state index in [4.69, 9.17) is 0 Å². The second-order valence-corrected chi connectivity index (χ2v) is 12.6. The van der Waals surface area contributed by atoms with Crippen LogP contribution in [0.15, 0.2) is 46.6 Å². The Labute approximate surface area is 178 Å². The van der Waals surface area contributed by atoms with Crippen LogP contribution in [0.25, 0.3) is 0 Å². The zero-order valence-corrected chi connectivity index (χ0v) is 19.8. The first kappa shape index (κ1) is 21.7. The third-order valence-electron chi connectivity index (χ3n) is 6.96. The first-order chi connectivity index (χ1) is 11.1. The summed E-state index contributed by atoms with van der Waals surface area (Å²) in [6, 6.07) is 0. The van der Waals surface area contributed by atoms with Crippen LogP contribution in [0, 0.1) is 23.7 Å². The van der Waals surface area contributed by atoms with E-state index in [1.165, 1.54) is 25.7 Å². The standard InChI is InChI=1S/2C11H15.2ClH.Zr/c2*1-8-6-7-9(2)11-5-3-4-10(8)11;;;/h2*4,6-7,9,11H,3,5H2,1-2H3;2*1H;/q;;;;+2/p-2. The molecule has 2 fully saturated rings. The molecular weight excluding hydrogens is 426 g/mol. The van der Waals surface area contributed by atoms with Crippen LogP contribution in [-0.2, 0) is 23.2 Å². The molecule has 25 heavy (non-hydrogen) atoms. The summed E-state index contributed by atoms with van der Waals surface area (Å²) >= 11 is -0.392. The second-order valence-electron chi connectivity index (χ2n) is 8.35. The molecule has 0 heterocycles. The van der Waals surface area contributed by atoms with Gasteiger partial charge in [-0.1, -0.05) is 0 Å². The fourth-order valence-corrected chi connectivity index (χ4v) is 11.6. The zero-order chi connectivity index (χ0) is 16.1. The summed E-state index contributed by atoms with van der Waals surface area (Å²) in [4.78, 5) is 0. The van der Waals surface area contributed by atoms with E-state index in [1.807, 2.05) is 11.1 Å². The zero-order valence-electron chi connectivity index (χ0n) is 15.9.